The predicted octanol–water partition coefficient (Wildman–Crippen LogP) is 3.28. The van der Waals surface area contributed by atoms with Crippen LogP contribution < -0.4 is 5.32 Å². The normalized spacial score (nSPS) is 35.7. The molecule has 0 amide bonds. The van der Waals surface area contributed by atoms with Gasteiger partial charge in [-0.05, 0) is 43.4 Å². The molecule has 3 rings (SSSR count). The average Bonchev–Trinajstić information content (AvgIpc) is 3.17. The highest BCUT2D eigenvalue weighted by molar-refractivity contribution is 4.96. The summed E-state index contributed by atoms with van der Waals surface area (Å²) in [5, 5.41) is 3.86. The molecule has 3 atom stereocenters. The van der Waals surface area contributed by atoms with Gasteiger partial charge in [-0.15, -0.1) is 0 Å². The molecule has 2 saturated carbocycles. The van der Waals surface area contributed by atoms with Crippen LogP contribution in [0.15, 0.2) is 0 Å². The van der Waals surface area contributed by atoms with E-state index in [1.165, 1.54) is 64.6 Å². The number of piperazine rings is 1. The quantitative estimate of drug-likeness (QED) is 0.820. The van der Waals surface area contributed by atoms with Crippen molar-refractivity contribution in [2.75, 3.05) is 19.6 Å². The highest BCUT2D eigenvalue weighted by Crippen LogP contribution is 2.36. The Labute approximate surface area is 119 Å². The van der Waals surface area contributed by atoms with Crippen molar-refractivity contribution in [3.63, 3.8) is 0 Å². The number of hydrogen-bond acceptors (Lipinski definition) is 2. The topological polar surface area (TPSA) is 15.3 Å². The lowest BCUT2D eigenvalue weighted by atomic mass is 9.92. The first-order chi connectivity index (χ1) is 9.28. The largest absolute Gasteiger partial charge is 0.311 e. The number of nitrogens with zero attached hydrogens (tertiary/aromatic N) is 1. The Hall–Kier alpha value is -0.0800. The van der Waals surface area contributed by atoms with Crippen LogP contribution in [0.3, 0.4) is 0 Å². The SMILES string of the molecule is CCC(C)C1CNC(C2CC2)CN1CC1CCCC1. The molecule has 1 N–H and O–H groups in total. The molecule has 0 bridgehead atoms. The maximum Gasteiger partial charge on any atom is 0.0247 e. The summed E-state index contributed by atoms with van der Waals surface area (Å²) in [6, 6.07) is 1.60. The summed E-state index contributed by atoms with van der Waals surface area (Å²) in [6.07, 6.45) is 10.2. The molecular weight excluding hydrogens is 232 g/mol. The minimum atomic E-state index is 0.792. The van der Waals surface area contributed by atoms with E-state index in [0.29, 0.717) is 0 Å². The number of hydrogen-bond donors (Lipinski definition) is 1. The lowest BCUT2D eigenvalue weighted by Gasteiger charge is -2.44. The summed E-state index contributed by atoms with van der Waals surface area (Å²) in [5.41, 5.74) is 0. The molecule has 19 heavy (non-hydrogen) atoms. The zero-order valence-corrected chi connectivity index (χ0v) is 12.9. The lowest BCUT2D eigenvalue weighted by Crippen LogP contribution is -2.59. The molecule has 1 heterocycles. The molecule has 0 aromatic rings. The second-order valence-electron chi connectivity index (χ2n) is 7.41. The van der Waals surface area contributed by atoms with Crippen LogP contribution in [0.2, 0.25) is 0 Å². The van der Waals surface area contributed by atoms with Gasteiger partial charge in [0.2, 0.25) is 0 Å². The standard InChI is InChI=1S/C17H32N2/c1-3-13(2)17-10-18-16(15-8-9-15)12-19(17)11-14-6-4-5-7-14/h13-18H,3-12H2,1-2H3. The van der Waals surface area contributed by atoms with Crippen LogP contribution in [0.1, 0.15) is 58.8 Å². The van der Waals surface area contributed by atoms with Gasteiger partial charge >= 0.3 is 0 Å². The first-order valence-corrected chi connectivity index (χ1v) is 8.75. The van der Waals surface area contributed by atoms with Crippen LogP contribution in [-0.2, 0) is 0 Å². The molecule has 2 aliphatic carbocycles. The summed E-state index contributed by atoms with van der Waals surface area (Å²) in [5.74, 6) is 2.85. The minimum Gasteiger partial charge on any atom is -0.311 e. The fraction of sp³-hybridized carbons (Fsp3) is 1.00. The molecule has 3 aliphatic rings. The van der Waals surface area contributed by atoms with Gasteiger partial charge in [0.05, 0.1) is 0 Å². The summed E-state index contributed by atoms with van der Waals surface area (Å²) in [6.45, 7) is 8.76. The summed E-state index contributed by atoms with van der Waals surface area (Å²) in [7, 11) is 0. The van der Waals surface area contributed by atoms with Gasteiger partial charge in [-0.25, -0.2) is 0 Å². The molecular formula is C17H32N2. The first-order valence-electron chi connectivity index (χ1n) is 8.75. The van der Waals surface area contributed by atoms with Crippen molar-refractivity contribution in [2.45, 2.75) is 70.9 Å². The summed E-state index contributed by atoms with van der Waals surface area (Å²) >= 11 is 0. The molecule has 3 fully saturated rings. The van der Waals surface area contributed by atoms with Crippen molar-refractivity contribution in [1.82, 2.24) is 10.2 Å². The van der Waals surface area contributed by atoms with Crippen molar-refractivity contribution >= 4 is 0 Å². The highest BCUT2D eigenvalue weighted by atomic mass is 15.2. The van der Waals surface area contributed by atoms with E-state index in [1.54, 1.807) is 0 Å². The Morgan fingerprint density at radius 3 is 2.53 bits per heavy atom. The maximum atomic E-state index is 3.86. The highest BCUT2D eigenvalue weighted by Gasteiger charge is 2.38. The van der Waals surface area contributed by atoms with Gasteiger partial charge in [-0.3, -0.25) is 4.90 Å². The van der Waals surface area contributed by atoms with Crippen molar-refractivity contribution in [1.29, 1.82) is 0 Å². The van der Waals surface area contributed by atoms with E-state index < -0.39 is 0 Å². The van der Waals surface area contributed by atoms with Crippen LogP contribution >= 0.6 is 0 Å². The average molecular weight is 264 g/mol. The van der Waals surface area contributed by atoms with Gasteiger partial charge in [-0.2, -0.15) is 0 Å². The first kappa shape index (κ1) is 13.9. The molecule has 110 valence electrons. The van der Waals surface area contributed by atoms with E-state index in [9.17, 15) is 0 Å². The number of rotatable bonds is 5. The van der Waals surface area contributed by atoms with E-state index in [2.05, 4.69) is 24.1 Å². The van der Waals surface area contributed by atoms with Gasteiger partial charge in [0.25, 0.3) is 0 Å². The van der Waals surface area contributed by atoms with Crippen LogP contribution in [0.4, 0.5) is 0 Å². The molecule has 0 spiro atoms. The van der Waals surface area contributed by atoms with E-state index >= 15 is 0 Å². The Bertz CT molecular complexity index is 279. The van der Waals surface area contributed by atoms with Crippen LogP contribution in [-0.4, -0.2) is 36.6 Å². The molecule has 0 radical (unpaired) electrons. The molecule has 1 saturated heterocycles. The Kier molecular flexibility index (Phi) is 4.48. The molecule has 0 aromatic heterocycles. The van der Waals surface area contributed by atoms with Crippen LogP contribution in [0, 0.1) is 17.8 Å². The van der Waals surface area contributed by atoms with Crippen molar-refractivity contribution < 1.29 is 0 Å². The summed E-state index contributed by atoms with van der Waals surface area (Å²) in [4.78, 5) is 2.88. The molecule has 1 aliphatic heterocycles. The molecule has 0 aromatic carbocycles. The molecule has 2 heteroatoms. The van der Waals surface area contributed by atoms with Crippen molar-refractivity contribution in [3.05, 3.63) is 0 Å². The third-order valence-electron chi connectivity index (χ3n) is 5.95. The summed E-state index contributed by atoms with van der Waals surface area (Å²) < 4.78 is 0. The van der Waals surface area contributed by atoms with Crippen LogP contribution in [0.5, 0.6) is 0 Å². The predicted molar refractivity (Wildman–Crippen MR) is 81.3 cm³/mol. The van der Waals surface area contributed by atoms with Crippen molar-refractivity contribution in [3.8, 4) is 0 Å². The Morgan fingerprint density at radius 2 is 1.89 bits per heavy atom. The van der Waals surface area contributed by atoms with E-state index in [0.717, 1.165) is 29.8 Å². The van der Waals surface area contributed by atoms with Gasteiger partial charge in [0, 0.05) is 31.7 Å². The molecule has 3 unspecified atom stereocenters. The number of nitrogens with one attached hydrogen (secondary N) is 1. The molecule has 2 nitrogen and oxygen atoms in total. The second kappa shape index (κ2) is 6.13. The maximum absolute atomic E-state index is 3.86. The van der Waals surface area contributed by atoms with Crippen molar-refractivity contribution in [2.24, 2.45) is 17.8 Å². The van der Waals surface area contributed by atoms with E-state index in [4.69, 9.17) is 0 Å². The second-order valence-corrected chi connectivity index (χ2v) is 7.41. The fourth-order valence-electron chi connectivity index (χ4n) is 4.24. The zero-order chi connectivity index (χ0) is 13.2. The van der Waals surface area contributed by atoms with Gasteiger partial charge in [0.1, 0.15) is 0 Å². The Balaban J connectivity index is 1.61. The van der Waals surface area contributed by atoms with E-state index in [1.807, 2.05) is 0 Å². The third-order valence-corrected chi connectivity index (χ3v) is 5.95. The minimum absolute atomic E-state index is 0.792. The zero-order valence-electron chi connectivity index (χ0n) is 12.9. The van der Waals surface area contributed by atoms with Crippen LogP contribution in [0.25, 0.3) is 0 Å². The van der Waals surface area contributed by atoms with Gasteiger partial charge in [0.15, 0.2) is 0 Å². The van der Waals surface area contributed by atoms with Gasteiger partial charge in [-0.1, -0.05) is 33.1 Å². The fourth-order valence-corrected chi connectivity index (χ4v) is 4.24. The lowest BCUT2D eigenvalue weighted by molar-refractivity contribution is 0.0708. The van der Waals surface area contributed by atoms with E-state index in [-0.39, 0.29) is 0 Å². The smallest absolute Gasteiger partial charge is 0.0247 e. The third kappa shape index (κ3) is 3.33. The Morgan fingerprint density at radius 1 is 1.16 bits per heavy atom. The van der Waals surface area contributed by atoms with Gasteiger partial charge < -0.3 is 5.32 Å². The monoisotopic (exact) mass is 264 g/mol.